The summed E-state index contributed by atoms with van der Waals surface area (Å²) in [5, 5.41) is 18.8. The fourth-order valence-corrected chi connectivity index (χ4v) is 1.87. The van der Waals surface area contributed by atoms with Crippen molar-refractivity contribution in [2.24, 2.45) is 0 Å². The number of phenols is 2. The molecule has 0 unspecified atom stereocenters. The Balaban J connectivity index is 2.46. The summed E-state index contributed by atoms with van der Waals surface area (Å²) in [6.07, 6.45) is 2.96. The monoisotopic (exact) mass is 206 g/mol. The van der Waals surface area contributed by atoms with Crippen LogP contribution in [0, 0.1) is 0 Å². The number of fused-ring (bicyclic) bond motifs is 1. The maximum absolute atomic E-state index is 9.41. The molecule has 1 aromatic rings. The number of aromatic hydroxyl groups is 2. The molecule has 1 aliphatic heterocycles. The molecule has 3 nitrogen and oxygen atoms in total. The van der Waals surface area contributed by atoms with Crippen LogP contribution in [-0.4, -0.2) is 33.6 Å². The summed E-state index contributed by atoms with van der Waals surface area (Å²) >= 11 is 0. The molecule has 0 fully saturated rings. The lowest BCUT2D eigenvalue weighted by atomic mass is 10.0. The van der Waals surface area contributed by atoms with Crippen LogP contribution in [0.5, 0.6) is 11.5 Å². The molecule has 0 spiro atoms. The minimum Gasteiger partial charge on any atom is -0.504 e. The van der Waals surface area contributed by atoms with Crippen LogP contribution in [0.2, 0.25) is 0 Å². The van der Waals surface area contributed by atoms with E-state index in [-0.39, 0.29) is 11.5 Å². The van der Waals surface area contributed by atoms with Crippen molar-refractivity contribution in [3.8, 4) is 11.5 Å². The van der Waals surface area contributed by atoms with Gasteiger partial charge in [-0.25, -0.2) is 4.58 Å². The lowest BCUT2D eigenvalue weighted by Gasteiger charge is -2.15. The highest BCUT2D eigenvalue weighted by molar-refractivity contribution is 5.80. The first-order valence-electron chi connectivity index (χ1n) is 5.23. The molecule has 0 saturated carbocycles. The van der Waals surface area contributed by atoms with E-state index < -0.39 is 0 Å². The van der Waals surface area contributed by atoms with Crippen molar-refractivity contribution in [2.75, 3.05) is 6.54 Å². The molecule has 0 aromatic heterocycles. The molecule has 2 N–H and O–H groups in total. The second-order valence-electron chi connectivity index (χ2n) is 4.25. The van der Waals surface area contributed by atoms with Gasteiger partial charge in [-0.1, -0.05) is 0 Å². The molecule has 0 aliphatic carbocycles. The Morgan fingerprint density at radius 1 is 1.20 bits per heavy atom. The third-order valence-electron chi connectivity index (χ3n) is 2.84. The van der Waals surface area contributed by atoms with Gasteiger partial charge in [0, 0.05) is 12.0 Å². The molecule has 1 aromatic carbocycles. The Hall–Kier alpha value is -1.51. The van der Waals surface area contributed by atoms with Crippen molar-refractivity contribution < 1.29 is 14.8 Å². The number of nitrogens with zero attached hydrogens (tertiary/aromatic N) is 1. The second-order valence-corrected chi connectivity index (χ2v) is 4.25. The van der Waals surface area contributed by atoms with Crippen LogP contribution in [0.3, 0.4) is 0 Å². The first-order valence-corrected chi connectivity index (χ1v) is 5.23. The Bertz CT molecular complexity index is 422. The summed E-state index contributed by atoms with van der Waals surface area (Å²) in [5.41, 5.74) is 2.10. The summed E-state index contributed by atoms with van der Waals surface area (Å²) in [6.45, 7) is 5.25. The van der Waals surface area contributed by atoms with Crippen LogP contribution in [0.1, 0.15) is 25.0 Å². The second kappa shape index (κ2) is 3.57. The molecule has 0 bridgehead atoms. The zero-order valence-corrected chi connectivity index (χ0v) is 9.07. The topological polar surface area (TPSA) is 43.5 Å². The van der Waals surface area contributed by atoms with Gasteiger partial charge in [0.25, 0.3) is 0 Å². The molecule has 1 aliphatic rings. The Kier molecular flexibility index (Phi) is 2.39. The van der Waals surface area contributed by atoms with Gasteiger partial charge < -0.3 is 10.2 Å². The van der Waals surface area contributed by atoms with Gasteiger partial charge in [0.2, 0.25) is 0 Å². The quantitative estimate of drug-likeness (QED) is 0.540. The highest BCUT2D eigenvalue weighted by Crippen LogP contribution is 2.29. The van der Waals surface area contributed by atoms with E-state index >= 15 is 0 Å². The minimum atomic E-state index is -0.0457. The molecule has 0 atom stereocenters. The number of rotatable bonds is 1. The standard InChI is InChI=1S/C12H15NO2/c1-8(2)13-4-3-9-5-11(14)12(15)6-10(9)7-13/h5-8,15H,3-4H2,1-2H3/p+1. The van der Waals surface area contributed by atoms with E-state index in [1.165, 1.54) is 0 Å². The zero-order valence-electron chi connectivity index (χ0n) is 9.07. The minimum absolute atomic E-state index is 0.0276. The summed E-state index contributed by atoms with van der Waals surface area (Å²) in [6, 6.07) is 3.74. The van der Waals surface area contributed by atoms with E-state index in [0.29, 0.717) is 6.04 Å². The Labute approximate surface area is 89.3 Å². The summed E-state index contributed by atoms with van der Waals surface area (Å²) in [7, 11) is 0. The predicted molar refractivity (Wildman–Crippen MR) is 58.9 cm³/mol. The van der Waals surface area contributed by atoms with Gasteiger partial charge in [0.1, 0.15) is 12.6 Å². The first-order chi connectivity index (χ1) is 7.08. The number of phenolic OH excluding ortho intramolecular Hbond substituents is 2. The van der Waals surface area contributed by atoms with Crippen molar-refractivity contribution in [2.45, 2.75) is 26.3 Å². The van der Waals surface area contributed by atoms with Crippen LogP contribution < -0.4 is 0 Å². The maximum atomic E-state index is 9.41. The molecule has 3 heteroatoms. The van der Waals surface area contributed by atoms with E-state index in [4.69, 9.17) is 0 Å². The van der Waals surface area contributed by atoms with Gasteiger partial charge >= 0.3 is 0 Å². The Morgan fingerprint density at radius 3 is 2.53 bits per heavy atom. The molecule has 1 heterocycles. The predicted octanol–water partition coefficient (Wildman–Crippen LogP) is 1.49. The SMILES string of the molecule is CC(C)[N+]1=Cc2cc(O)c(O)cc2CC1. The maximum Gasteiger partial charge on any atom is 0.171 e. The lowest BCUT2D eigenvalue weighted by Crippen LogP contribution is -2.28. The number of benzene rings is 1. The van der Waals surface area contributed by atoms with Gasteiger partial charge in [0.05, 0.1) is 0 Å². The molecular weight excluding hydrogens is 190 g/mol. The fraction of sp³-hybridized carbons (Fsp3) is 0.417. The van der Waals surface area contributed by atoms with Gasteiger partial charge in [-0.15, -0.1) is 0 Å². The fourth-order valence-electron chi connectivity index (χ4n) is 1.87. The number of hydrogen-bond donors (Lipinski definition) is 2. The van der Waals surface area contributed by atoms with E-state index in [0.717, 1.165) is 24.1 Å². The average molecular weight is 206 g/mol. The summed E-state index contributed by atoms with van der Waals surface area (Å²) in [4.78, 5) is 0. The van der Waals surface area contributed by atoms with Crippen molar-refractivity contribution in [1.29, 1.82) is 0 Å². The molecular formula is C12H16NO2+. The lowest BCUT2D eigenvalue weighted by molar-refractivity contribution is -0.554. The van der Waals surface area contributed by atoms with Crippen LogP contribution in [-0.2, 0) is 6.42 Å². The van der Waals surface area contributed by atoms with Gasteiger partial charge in [-0.05, 0) is 31.5 Å². The molecule has 15 heavy (non-hydrogen) atoms. The summed E-state index contributed by atoms with van der Waals surface area (Å²) in [5.74, 6) is -0.0734. The smallest absolute Gasteiger partial charge is 0.171 e. The summed E-state index contributed by atoms with van der Waals surface area (Å²) < 4.78 is 2.23. The molecule has 0 radical (unpaired) electrons. The highest BCUT2D eigenvalue weighted by Gasteiger charge is 2.19. The van der Waals surface area contributed by atoms with E-state index in [9.17, 15) is 10.2 Å². The van der Waals surface area contributed by atoms with E-state index in [1.54, 1.807) is 12.1 Å². The van der Waals surface area contributed by atoms with Crippen LogP contribution in [0.25, 0.3) is 0 Å². The molecule has 0 saturated heterocycles. The molecule has 80 valence electrons. The van der Waals surface area contributed by atoms with Crippen LogP contribution in [0.4, 0.5) is 0 Å². The van der Waals surface area contributed by atoms with Gasteiger partial charge in [-0.3, -0.25) is 0 Å². The zero-order chi connectivity index (χ0) is 11.0. The van der Waals surface area contributed by atoms with Crippen LogP contribution >= 0.6 is 0 Å². The largest absolute Gasteiger partial charge is 0.504 e. The van der Waals surface area contributed by atoms with Crippen molar-refractivity contribution >= 4 is 6.21 Å². The third kappa shape index (κ3) is 1.82. The normalized spacial score (nSPS) is 15.0. The highest BCUT2D eigenvalue weighted by atomic mass is 16.3. The first kappa shape index (κ1) is 10.0. The number of hydrogen-bond acceptors (Lipinski definition) is 2. The van der Waals surface area contributed by atoms with Crippen molar-refractivity contribution in [1.82, 2.24) is 0 Å². The van der Waals surface area contributed by atoms with Crippen LogP contribution in [0.15, 0.2) is 12.1 Å². The van der Waals surface area contributed by atoms with Gasteiger partial charge in [0.15, 0.2) is 17.7 Å². The Morgan fingerprint density at radius 2 is 1.87 bits per heavy atom. The molecule has 2 rings (SSSR count). The third-order valence-corrected chi connectivity index (χ3v) is 2.84. The van der Waals surface area contributed by atoms with E-state index in [2.05, 4.69) is 18.4 Å². The van der Waals surface area contributed by atoms with E-state index in [1.807, 2.05) is 6.21 Å². The molecule has 0 amide bonds. The van der Waals surface area contributed by atoms with Crippen molar-refractivity contribution in [3.05, 3.63) is 23.3 Å². The average Bonchev–Trinajstić information content (AvgIpc) is 2.19. The van der Waals surface area contributed by atoms with Gasteiger partial charge in [-0.2, -0.15) is 0 Å². The van der Waals surface area contributed by atoms with Crippen molar-refractivity contribution in [3.63, 3.8) is 0 Å².